The van der Waals surface area contributed by atoms with E-state index in [9.17, 15) is 4.79 Å². The highest BCUT2D eigenvalue weighted by molar-refractivity contribution is 5.92. The molecule has 0 radical (unpaired) electrons. The fraction of sp³-hybridized carbons (Fsp3) is 0.286. The van der Waals surface area contributed by atoms with Crippen LogP contribution in [0.15, 0.2) is 34.9 Å². The summed E-state index contributed by atoms with van der Waals surface area (Å²) in [6.07, 6.45) is 0. The van der Waals surface area contributed by atoms with Gasteiger partial charge in [-0.15, -0.1) is 0 Å². The average molecular weight is 259 g/mol. The Balaban J connectivity index is 1.74. The van der Waals surface area contributed by atoms with Crippen molar-refractivity contribution in [2.24, 2.45) is 0 Å². The van der Waals surface area contributed by atoms with Crippen LogP contribution in [0.5, 0.6) is 0 Å². The maximum Gasteiger partial charge on any atom is 0.238 e. The number of carbonyl (C=O) groups is 1. The van der Waals surface area contributed by atoms with Crippen molar-refractivity contribution in [1.82, 2.24) is 10.5 Å². The Labute approximate surface area is 112 Å². The first kappa shape index (κ1) is 13.3. The number of hydrogen-bond donors (Lipinski definition) is 2. The molecule has 2 rings (SSSR count). The second kappa shape index (κ2) is 6.15. The second-order valence-electron chi connectivity index (χ2n) is 4.45. The van der Waals surface area contributed by atoms with Crippen molar-refractivity contribution in [3.63, 3.8) is 0 Å². The van der Waals surface area contributed by atoms with Crippen molar-refractivity contribution < 1.29 is 9.32 Å². The Bertz CT molecular complexity index is 546. The molecule has 2 aromatic rings. The summed E-state index contributed by atoms with van der Waals surface area (Å²) in [5, 5.41) is 9.59. The molecule has 0 saturated carbocycles. The molecule has 100 valence electrons. The van der Waals surface area contributed by atoms with Gasteiger partial charge in [0.15, 0.2) is 5.76 Å². The average Bonchev–Trinajstić information content (AvgIpc) is 2.78. The predicted octanol–water partition coefficient (Wildman–Crippen LogP) is 2.02. The van der Waals surface area contributed by atoms with Crippen molar-refractivity contribution in [3.05, 3.63) is 47.3 Å². The van der Waals surface area contributed by atoms with E-state index in [1.165, 1.54) is 0 Å². The van der Waals surface area contributed by atoms with Gasteiger partial charge in [-0.1, -0.05) is 22.9 Å². The number of amides is 1. The number of hydrogen-bond acceptors (Lipinski definition) is 4. The van der Waals surface area contributed by atoms with Crippen LogP contribution in [0, 0.1) is 13.8 Å². The molecule has 1 heterocycles. The maximum atomic E-state index is 11.7. The van der Waals surface area contributed by atoms with E-state index in [-0.39, 0.29) is 12.5 Å². The lowest BCUT2D eigenvalue weighted by molar-refractivity contribution is -0.115. The van der Waals surface area contributed by atoms with Gasteiger partial charge in [-0.3, -0.25) is 4.79 Å². The number of benzene rings is 1. The summed E-state index contributed by atoms with van der Waals surface area (Å²) in [5.41, 5.74) is 2.80. The second-order valence-corrected chi connectivity index (χ2v) is 4.45. The van der Waals surface area contributed by atoms with Gasteiger partial charge in [0.25, 0.3) is 0 Å². The van der Waals surface area contributed by atoms with E-state index in [1.807, 2.05) is 44.2 Å². The zero-order valence-corrected chi connectivity index (χ0v) is 11.1. The fourth-order valence-electron chi connectivity index (χ4n) is 1.64. The van der Waals surface area contributed by atoms with E-state index in [0.717, 1.165) is 22.7 Å². The van der Waals surface area contributed by atoms with E-state index < -0.39 is 0 Å². The standard InChI is InChI=1S/C14H17N3O2/c1-10-3-5-12(6-4-10)16-14(18)9-15-8-13-7-11(2)17-19-13/h3-7,15H,8-9H2,1-2H3,(H,16,18). The summed E-state index contributed by atoms with van der Waals surface area (Å²) in [5.74, 6) is 0.640. The Morgan fingerprint density at radius 2 is 2.00 bits per heavy atom. The van der Waals surface area contributed by atoms with Crippen LogP contribution in [0.2, 0.25) is 0 Å². The smallest absolute Gasteiger partial charge is 0.238 e. The molecule has 5 heteroatoms. The molecular formula is C14H17N3O2. The van der Waals surface area contributed by atoms with Crippen LogP contribution < -0.4 is 10.6 Å². The number of aromatic nitrogens is 1. The molecule has 0 aliphatic rings. The first-order valence-electron chi connectivity index (χ1n) is 6.13. The minimum atomic E-state index is -0.0832. The van der Waals surface area contributed by atoms with Gasteiger partial charge in [-0.05, 0) is 26.0 Å². The summed E-state index contributed by atoms with van der Waals surface area (Å²) in [7, 11) is 0. The molecule has 0 fully saturated rings. The SMILES string of the molecule is Cc1ccc(NC(=O)CNCc2cc(C)no2)cc1. The van der Waals surface area contributed by atoms with Gasteiger partial charge in [0.2, 0.25) is 5.91 Å². The number of anilines is 1. The molecule has 0 unspecified atom stereocenters. The molecule has 0 bridgehead atoms. The number of carbonyl (C=O) groups excluding carboxylic acids is 1. The van der Waals surface area contributed by atoms with Gasteiger partial charge in [0.05, 0.1) is 18.8 Å². The third kappa shape index (κ3) is 4.22. The summed E-state index contributed by atoms with van der Waals surface area (Å²) >= 11 is 0. The molecule has 0 aliphatic carbocycles. The molecular weight excluding hydrogens is 242 g/mol. The van der Waals surface area contributed by atoms with Gasteiger partial charge in [0, 0.05) is 11.8 Å². The van der Waals surface area contributed by atoms with Crippen LogP contribution in [-0.2, 0) is 11.3 Å². The van der Waals surface area contributed by atoms with Crippen molar-refractivity contribution >= 4 is 11.6 Å². The quantitative estimate of drug-likeness (QED) is 0.862. The van der Waals surface area contributed by atoms with E-state index in [1.54, 1.807) is 0 Å². The lowest BCUT2D eigenvalue weighted by Gasteiger charge is -2.05. The van der Waals surface area contributed by atoms with Crippen molar-refractivity contribution in [2.45, 2.75) is 20.4 Å². The lowest BCUT2D eigenvalue weighted by Crippen LogP contribution is -2.27. The molecule has 0 saturated heterocycles. The first-order valence-corrected chi connectivity index (χ1v) is 6.13. The zero-order valence-electron chi connectivity index (χ0n) is 11.1. The number of nitrogens with one attached hydrogen (secondary N) is 2. The van der Waals surface area contributed by atoms with Crippen molar-refractivity contribution in [1.29, 1.82) is 0 Å². The topological polar surface area (TPSA) is 67.2 Å². The van der Waals surface area contributed by atoms with Crippen LogP contribution in [-0.4, -0.2) is 17.6 Å². The van der Waals surface area contributed by atoms with Gasteiger partial charge >= 0.3 is 0 Å². The predicted molar refractivity (Wildman–Crippen MR) is 72.8 cm³/mol. The third-order valence-electron chi connectivity index (χ3n) is 2.60. The molecule has 1 amide bonds. The highest BCUT2D eigenvalue weighted by Gasteiger charge is 2.04. The van der Waals surface area contributed by atoms with E-state index in [2.05, 4.69) is 15.8 Å². The molecule has 0 atom stereocenters. The summed E-state index contributed by atoms with van der Waals surface area (Å²) in [6.45, 7) is 4.58. The molecule has 1 aromatic carbocycles. The van der Waals surface area contributed by atoms with Gasteiger partial charge in [0.1, 0.15) is 0 Å². The van der Waals surface area contributed by atoms with E-state index >= 15 is 0 Å². The Morgan fingerprint density at radius 3 is 2.63 bits per heavy atom. The van der Waals surface area contributed by atoms with Crippen molar-refractivity contribution in [3.8, 4) is 0 Å². The fourth-order valence-corrected chi connectivity index (χ4v) is 1.64. The monoisotopic (exact) mass is 259 g/mol. The maximum absolute atomic E-state index is 11.7. The van der Waals surface area contributed by atoms with E-state index in [4.69, 9.17) is 4.52 Å². The van der Waals surface area contributed by atoms with Crippen molar-refractivity contribution in [2.75, 3.05) is 11.9 Å². The number of nitrogens with zero attached hydrogens (tertiary/aromatic N) is 1. The minimum absolute atomic E-state index is 0.0832. The summed E-state index contributed by atoms with van der Waals surface area (Å²) in [4.78, 5) is 11.7. The molecule has 0 spiro atoms. The Morgan fingerprint density at radius 1 is 1.26 bits per heavy atom. The minimum Gasteiger partial charge on any atom is -0.360 e. The molecule has 5 nitrogen and oxygen atoms in total. The van der Waals surface area contributed by atoms with Crippen LogP contribution in [0.3, 0.4) is 0 Å². The van der Waals surface area contributed by atoms with Crippen LogP contribution in [0.4, 0.5) is 5.69 Å². The Hall–Kier alpha value is -2.14. The highest BCUT2D eigenvalue weighted by atomic mass is 16.5. The van der Waals surface area contributed by atoms with Gasteiger partial charge in [-0.25, -0.2) is 0 Å². The summed E-state index contributed by atoms with van der Waals surface area (Å²) in [6, 6.07) is 9.52. The van der Waals surface area contributed by atoms with Crippen LogP contribution >= 0.6 is 0 Å². The van der Waals surface area contributed by atoms with E-state index in [0.29, 0.717) is 6.54 Å². The zero-order chi connectivity index (χ0) is 13.7. The highest BCUT2D eigenvalue weighted by Crippen LogP contribution is 2.08. The third-order valence-corrected chi connectivity index (χ3v) is 2.60. The van der Waals surface area contributed by atoms with Crippen LogP contribution in [0.1, 0.15) is 17.0 Å². The lowest BCUT2D eigenvalue weighted by atomic mass is 10.2. The Kier molecular flexibility index (Phi) is 4.30. The normalized spacial score (nSPS) is 10.4. The first-order chi connectivity index (χ1) is 9.13. The largest absolute Gasteiger partial charge is 0.360 e. The van der Waals surface area contributed by atoms with Gasteiger partial charge < -0.3 is 15.2 Å². The van der Waals surface area contributed by atoms with Gasteiger partial charge in [-0.2, -0.15) is 0 Å². The summed E-state index contributed by atoms with van der Waals surface area (Å²) < 4.78 is 5.03. The number of rotatable bonds is 5. The molecule has 2 N–H and O–H groups in total. The molecule has 1 aromatic heterocycles. The molecule has 19 heavy (non-hydrogen) atoms. The number of aryl methyl sites for hydroxylation is 2. The molecule has 0 aliphatic heterocycles. The van der Waals surface area contributed by atoms with Crippen LogP contribution in [0.25, 0.3) is 0 Å².